The van der Waals surface area contributed by atoms with Gasteiger partial charge in [0, 0.05) is 11.1 Å². The van der Waals surface area contributed by atoms with Crippen molar-refractivity contribution in [1.29, 1.82) is 0 Å². The van der Waals surface area contributed by atoms with Crippen LogP contribution in [0.15, 0.2) is 70.7 Å². The van der Waals surface area contributed by atoms with E-state index >= 15 is 0 Å². The summed E-state index contributed by atoms with van der Waals surface area (Å²) in [4.78, 5) is 0. The van der Waals surface area contributed by atoms with Crippen molar-refractivity contribution < 1.29 is 0 Å². The predicted molar refractivity (Wildman–Crippen MR) is 126 cm³/mol. The number of aryl methyl sites for hydroxylation is 4. The van der Waals surface area contributed by atoms with Gasteiger partial charge in [0.1, 0.15) is 10.1 Å². The summed E-state index contributed by atoms with van der Waals surface area (Å²) in [5.41, 5.74) is 8.59. The summed E-state index contributed by atoms with van der Waals surface area (Å²) >= 11 is 0. The molecule has 0 bridgehead atoms. The fraction of sp³-hybridized carbons (Fsp3) is 0.167. The Balaban J connectivity index is 1.48. The molecule has 6 heteroatoms. The van der Waals surface area contributed by atoms with E-state index in [1.165, 1.54) is 11.1 Å². The van der Waals surface area contributed by atoms with E-state index in [9.17, 15) is 0 Å². The fourth-order valence-corrected chi connectivity index (χ4v) is 5.07. The summed E-state index contributed by atoms with van der Waals surface area (Å²) in [6.07, 6.45) is 0. The number of hydrogen-bond donors (Lipinski definition) is 0. The number of benzene rings is 2. The van der Waals surface area contributed by atoms with Crippen molar-refractivity contribution in [1.82, 2.24) is 20.4 Å². The third-order valence-corrected chi connectivity index (χ3v) is 7.18. The molecule has 2 heterocycles. The number of hydrogen-bond acceptors (Lipinski definition) is 6. The quantitative estimate of drug-likeness (QED) is 0.331. The van der Waals surface area contributed by atoms with E-state index in [1.807, 2.05) is 0 Å². The Bertz CT molecular complexity index is 1080. The molecule has 150 valence electrons. The van der Waals surface area contributed by atoms with Crippen LogP contribution >= 0.6 is 21.6 Å². The summed E-state index contributed by atoms with van der Waals surface area (Å²) in [6.45, 7) is 8.29. The Morgan fingerprint density at radius 2 is 0.867 bits per heavy atom. The second kappa shape index (κ2) is 8.98. The van der Waals surface area contributed by atoms with Crippen LogP contribution in [0.1, 0.15) is 22.3 Å². The molecule has 0 saturated heterocycles. The lowest BCUT2D eigenvalue weighted by molar-refractivity contribution is 0.912. The maximum absolute atomic E-state index is 4.44. The average Bonchev–Trinajstić information content (AvgIpc) is 2.75. The molecule has 0 radical (unpaired) electrons. The zero-order valence-corrected chi connectivity index (χ0v) is 19.0. The molecule has 0 aliphatic carbocycles. The van der Waals surface area contributed by atoms with Crippen LogP contribution in [-0.4, -0.2) is 20.4 Å². The first kappa shape index (κ1) is 20.6. The highest BCUT2D eigenvalue weighted by Gasteiger charge is 2.11. The topological polar surface area (TPSA) is 51.6 Å². The minimum Gasteiger partial charge on any atom is -0.149 e. The van der Waals surface area contributed by atoms with Crippen molar-refractivity contribution in [2.24, 2.45) is 0 Å². The smallest absolute Gasteiger partial charge is 0.133 e. The van der Waals surface area contributed by atoms with Gasteiger partial charge in [-0.15, -0.1) is 20.4 Å². The van der Waals surface area contributed by atoms with Gasteiger partial charge in [-0.3, -0.25) is 0 Å². The van der Waals surface area contributed by atoms with Gasteiger partial charge in [-0.05, 0) is 72.5 Å². The molecule has 4 rings (SSSR count). The highest BCUT2D eigenvalue weighted by Crippen LogP contribution is 2.38. The van der Waals surface area contributed by atoms with Gasteiger partial charge in [-0.2, -0.15) is 0 Å². The lowest BCUT2D eigenvalue weighted by atomic mass is 10.1. The summed E-state index contributed by atoms with van der Waals surface area (Å²) in [5, 5.41) is 19.5. The summed E-state index contributed by atoms with van der Waals surface area (Å²) < 4.78 is 0. The molecule has 4 nitrogen and oxygen atoms in total. The van der Waals surface area contributed by atoms with E-state index in [0.717, 1.165) is 43.7 Å². The molecule has 0 atom stereocenters. The van der Waals surface area contributed by atoms with Crippen molar-refractivity contribution >= 4 is 21.6 Å². The Labute approximate surface area is 185 Å². The van der Waals surface area contributed by atoms with E-state index in [2.05, 4.69) is 109 Å². The molecule has 0 N–H and O–H groups in total. The molecule has 0 amide bonds. The lowest BCUT2D eigenvalue weighted by Gasteiger charge is -2.08. The molecule has 0 saturated carbocycles. The maximum Gasteiger partial charge on any atom is 0.133 e. The fourth-order valence-electron chi connectivity index (χ4n) is 2.92. The van der Waals surface area contributed by atoms with Gasteiger partial charge in [0.15, 0.2) is 0 Å². The van der Waals surface area contributed by atoms with Crippen LogP contribution in [0.3, 0.4) is 0 Å². The highest BCUT2D eigenvalue weighted by atomic mass is 33.1. The van der Waals surface area contributed by atoms with Crippen molar-refractivity contribution in [3.8, 4) is 22.5 Å². The van der Waals surface area contributed by atoms with Crippen LogP contribution in [0.5, 0.6) is 0 Å². The standard InChI is InChI=1S/C24H22N4S2/c1-15-5-9-19(10-6-15)21-13-17(3)23(27-25-21)29-30-24-18(4)14-22(26-28-24)20-11-7-16(2)8-12-20/h5-14H,1-4H3. The predicted octanol–water partition coefficient (Wildman–Crippen LogP) is 6.63. The van der Waals surface area contributed by atoms with Gasteiger partial charge in [-0.1, -0.05) is 59.7 Å². The molecule has 0 unspecified atom stereocenters. The van der Waals surface area contributed by atoms with Crippen molar-refractivity contribution in [2.75, 3.05) is 0 Å². The van der Waals surface area contributed by atoms with Crippen LogP contribution in [0.25, 0.3) is 22.5 Å². The van der Waals surface area contributed by atoms with Gasteiger partial charge in [0.25, 0.3) is 0 Å². The third-order valence-electron chi connectivity index (χ3n) is 4.77. The summed E-state index contributed by atoms with van der Waals surface area (Å²) in [7, 11) is 3.13. The largest absolute Gasteiger partial charge is 0.149 e. The van der Waals surface area contributed by atoms with E-state index < -0.39 is 0 Å². The normalized spacial score (nSPS) is 10.9. The Hall–Kier alpha value is -2.70. The molecule has 0 aliphatic rings. The van der Waals surface area contributed by atoms with E-state index in [1.54, 1.807) is 21.6 Å². The SMILES string of the molecule is Cc1ccc(-c2cc(C)c(SSc3nnc(-c4ccc(C)cc4)cc3C)nn2)cc1. The first-order valence-electron chi connectivity index (χ1n) is 9.67. The zero-order valence-electron chi connectivity index (χ0n) is 17.4. The third kappa shape index (κ3) is 4.71. The van der Waals surface area contributed by atoms with Gasteiger partial charge in [-0.25, -0.2) is 0 Å². The Morgan fingerprint density at radius 3 is 1.20 bits per heavy atom. The molecule has 0 spiro atoms. The van der Waals surface area contributed by atoms with Crippen LogP contribution < -0.4 is 0 Å². The molecule has 2 aromatic heterocycles. The van der Waals surface area contributed by atoms with E-state index in [0.29, 0.717) is 0 Å². The van der Waals surface area contributed by atoms with Crippen molar-refractivity contribution in [3.63, 3.8) is 0 Å². The Morgan fingerprint density at radius 1 is 0.500 bits per heavy atom. The Kier molecular flexibility index (Phi) is 6.16. The molecule has 30 heavy (non-hydrogen) atoms. The van der Waals surface area contributed by atoms with Crippen molar-refractivity contribution in [3.05, 3.63) is 82.9 Å². The molecular weight excluding hydrogens is 408 g/mol. The van der Waals surface area contributed by atoms with E-state index in [4.69, 9.17) is 0 Å². The number of rotatable bonds is 5. The van der Waals surface area contributed by atoms with Gasteiger partial charge < -0.3 is 0 Å². The highest BCUT2D eigenvalue weighted by molar-refractivity contribution is 8.76. The summed E-state index contributed by atoms with van der Waals surface area (Å²) in [6, 6.07) is 20.8. The lowest BCUT2D eigenvalue weighted by Crippen LogP contribution is -1.94. The van der Waals surface area contributed by atoms with Crippen LogP contribution in [-0.2, 0) is 0 Å². The molecule has 0 aliphatic heterocycles. The van der Waals surface area contributed by atoms with Gasteiger partial charge in [0.05, 0.1) is 11.4 Å². The van der Waals surface area contributed by atoms with Gasteiger partial charge >= 0.3 is 0 Å². The molecular formula is C24H22N4S2. The average molecular weight is 431 g/mol. The molecule has 0 fully saturated rings. The number of nitrogens with zero attached hydrogens (tertiary/aromatic N) is 4. The minimum atomic E-state index is 0.889. The first-order valence-corrected chi connectivity index (χ1v) is 11.8. The molecule has 2 aromatic carbocycles. The van der Waals surface area contributed by atoms with Crippen LogP contribution in [0, 0.1) is 27.7 Å². The second-order valence-electron chi connectivity index (χ2n) is 7.33. The minimum absolute atomic E-state index is 0.889. The monoisotopic (exact) mass is 430 g/mol. The molecule has 4 aromatic rings. The van der Waals surface area contributed by atoms with Crippen LogP contribution in [0.2, 0.25) is 0 Å². The summed E-state index contributed by atoms with van der Waals surface area (Å²) in [5.74, 6) is 0. The maximum atomic E-state index is 4.44. The zero-order chi connectivity index (χ0) is 21.1. The van der Waals surface area contributed by atoms with Crippen LogP contribution in [0.4, 0.5) is 0 Å². The van der Waals surface area contributed by atoms with E-state index in [-0.39, 0.29) is 0 Å². The first-order chi connectivity index (χ1) is 14.5. The second-order valence-corrected chi connectivity index (χ2v) is 9.44. The van der Waals surface area contributed by atoms with Crippen molar-refractivity contribution in [2.45, 2.75) is 37.7 Å². The van der Waals surface area contributed by atoms with Gasteiger partial charge in [0.2, 0.25) is 0 Å². The number of aromatic nitrogens is 4.